The van der Waals surface area contributed by atoms with Crippen LogP contribution in [0.4, 0.5) is 0 Å². The first-order valence-corrected chi connectivity index (χ1v) is 24.1. The van der Waals surface area contributed by atoms with Crippen molar-refractivity contribution in [2.75, 3.05) is 26.4 Å². The lowest BCUT2D eigenvalue weighted by Gasteiger charge is -2.13. The molecule has 0 aliphatic carbocycles. The van der Waals surface area contributed by atoms with Gasteiger partial charge in [0.2, 0.25) is 0 Å². The van der Waals surface area contributed by atoms with Gasteiger partial charge < -0.3 is 18.9 Å². The first-order valence-electron chi connectivity index (χ1n) is 24.1. The van der Waals surface area contributed by atoms with E-state index in [-0.39, 0.29) is 0 Å². The molecule has 5 aromatic rings. The average molecular weight is 835 g/mol. The molecule has 0 saturated carbocycles. The van der Waals surface area contributed by atoms with Gasteiger partial charge in [0.25, 0.3) is 0 Å². The molecule has 0 unspecified atom stereocenters. The third-order valence-corrected chi connectivity index (χ3v) is 11.3. The molecule has 0 fully saturated rings. The van der Waals surface area contributed by atoms with Gasteiger partial charge in [-0.1, -0.05) is 178 Å². The van der Waals surface area contributed by atoms with E-state index in [0.29, 0.717) is 0 Å². The van der Waals surface area contributed by atoms with Crippen LogP contribution in [0.3, 0.4) is 0 Å². The molecule has 0 spiro atoms. The highest BCUT2D eigenvalue weighted by Gasteiger charge is 2.10. The minimum absolute atomic E-state index is 0.752. The Balaban J connectivity index is 1.39. The Bertz CT molecular complexity index is 1720. The third kappa shape index (κ3) is 16.9. The predicted octanol–water partition coefficient (Wildman–Crippen LogP) is 16.7. The Morgan fingerprint density at radius 1 is 0.290 bits per heavy atom. The Morgan fingerprint density at radius 3 is 0.726 bits per heavy atom. The number of unbranched alkanes of at least 4 members (excludes halogenated alkanes) is 12. The van der Waals surface area contributed by atoms with Crippen LogP contribution in [0, 0.1) is 0 Å². The monoisotopic (exact) mass is 835 g/mol. The van der Waals surface area contributed by atoms with Crippen LogP contribution in [0.5, 0.6) is 23.0 Å². The van der Waals surface area contributed by atoms with Gasteiger partial charge in [0, 0.05) is 0 Å². The van der Waals surface area contributed by atoms with Gasteiger partial charge in [0.15, 0.2) is 0 Å². The zero-order chi connectivity index (χ0) is 43.5. The molecular formula is C58H74O4. The molecule has 0 atom stereocenters. The minimum Gasteiger partial charge on any atom is -0.494 e. The maximum absolute atomic E-state index is 6.11. The molecule has 330 valence electrons. The molecule has 0 radical (unpaired) electrons. The van der Waals surface area contributed by atoms with Crippen LogP contribution < -0.4 is 18.9 Å². The van der Waals surface area contributed by atoms with Crippen molar-refractivity contribution >= 4 is 23.3 Å². The van der Waals surface area contributed by atoms with E-state index in [1.165, 1.54) is 77.0 Å². The van der Waals surface area contributed by atoms with E-state index in [4.69, 9.17) is 18.9 Å². The van der Waals surface area contributed by atoms with E-state index >= 15 is 0 Å². The van der Waals surface area contributed by atoms with Crippen molar-refractivity contribution < 1.29 is 18.9 Å². The van der Waals surface area contributed by atoms with Gasteiger partial charge >= 0.3 is 0 Å². The number of benzene rings is 5. The lowest BCUT2D eigenvalue weighted by molar-refractivity contribution is 0.305. The fourth-order valence-electron chi connectivity index (χ4n) is 7.49. The number of ether oxygens (including phenoxy) is 4. The molecule has 62 heavy (non-hydrogen) atoms. The lowest BCUT2D eigenvalue weighted by atomic mass is 9.94. The van der Waals surface area contributed by atoms with Crippen molar-refractivity contribution in [3.8, 4) is 23.0 Å². The van der Waals surface area contributed by atoms with Gasteiger partial charge in [-0.05, 0) is 131 Å². The minimum atomic E-state index is 0.752. The normalized spacial score (nSPS) is 10.9. The van der Waals surface area contributed by atoms with Gasteiger partial charge in [-0.2, -0.15) is 0 Å². The summed E-state index contributed by atoms with van der Waals surface area (Å²) in [5, 5.41) is 0. The van der Waals surface area contributed by atoms with E-state index in [0.717, 1.165) is 120 Å². The molecule has 0 bridgehead atoms. The molecule has 4 heteroatoms. The third-order valence-electron chi connectivity index (χ3n) is 11.3. The van der Waals surface area contributed by atoms with Crippen molar-refractivity contribution in [1.29, 1.82) is 0 Å². The number of hydrogen-bond donors (Lipinski definition) is 0. The lowest BCUT2D eigenvalue weighted by Crippen LogP contribution is -1.98. The van der Waals surface area contributed by atoms with E-state index in [9.17, 15) is 0 Å². The molecule has 5 aromatic carbocycles. The second kappa shape index (κ2) is 28.4. The zero-order valence-corrected chi connectivity index (χ0v) is 38.5. The van der Waals surface area contributed by atoms with Gasteiger partial charge in [-0.25, -0.2) is 0 Å². The molecular weight excluding hydrogens is 761 g/mol. The summed E-state index contributed by atoms with van der Waals surface area (Å²) in [7, 11) is 0. The fourth-order valence-corrected chi connectivity index (χ4v) is 7.49. The van der Waals surface area contributed by atoms with Crippen LogP contribution in [0.2, 0.25) is 0 Å². The average Bonchev–Trinajstić information content (AvgIpc) is 3.31. The summed E-state index contributed by atoms with van der Waals surface area (Å²) in [5.41, 5.74) is 9.14. The standard InChI is InChI=1S/C58H74O4/c1-5-9-13-17-41-59-53-33-25-49(26-34-53)57(50-27-35-54(36-28-50)60-42-18-14-10-6-2)45-47-21-23-48(24-22-47)46-58(51-29-37-55(38-30-51)61-43-19-15-11-7-3)52-31-39-56(40-32-52)62-44-20-16-12-8-4/h21-40,45-46H,5-20,41-44H2,1-4H3. The highest BCUT2D eigenvalue weighted by atomic mass is 16.5. The van der Waals surface area contributed by atoms with Crippen LogP contribution in [0.15, 0.2) is 121 Å². The van der Waals surface area contributed by atoms with E-state index < -0.39 is 0 Å². The number of hydrogen-bond acceptors (Lipinski definition) is 4. The van der Waals surface area contributed by atoms with Gasteiger partial charge in [0.1, 0.15) is 23.0 Å². The summed E-state index contributed by atoms with van der Waals surface area (Å²) < 4.78 is 24.4. The smallest absolute Gasteiger partial charge is 0.119 e. The summed E-state index contributed by atoms with van der Waals surface area (Å²) in [6.45, 7) is 12.0. The second-order valence-corrected chi connectivity index (χ2v) is 16.5. The first kappa shape index (κ1) is 47.8. The molecule has 0 N–H and O–H groups in total. The summed E-state index contributed by atoms with van der Waals surface area (Å²) in [4.78, 5) is 0. The maximum Gasteiger partial charge on any atom is 0.119 e. The first-order chi connectivity index (χ1) is 30.6. The Kier molecular flexibility index (Phi) is 21.9. The number of rotatable bonds is 30. The van der Waals surface area contributed by atoms with Crippen LogP contribution in [0.1, 0.15) is 164 Å². The molecule has 0 aromatic heterocycles. The van der Waals surface area contributed by atoms with Crippen molar-refractivity contribution in [3.05, 3.63) is 155 Å². The largest absolute Gasteiger partial charge is 0.494 e. The van der Waals surface area contributed by atoms with Gasteiger partial charge in [-0.15, -0.1) is 0 Å². The molecule has 4 nitrogen and oxygen atoms in total. The van der Waals surface area contributed by atoms with E-state index in [2.05, 4.69) is 161 Å². The van der Waals surface area contributed by atoms with Crippen LogP contribution in [-0.2, 0) is 0 Å². The van der Waals surface area contributed by atoms with Gasteiger partial charge in [0.05, 0.1) is 26.4 Å². The van der Waals surface area contributed by atoms with Crippen LogP contribution in [-0.4, -0.2) is 26.4 Å². The highest BCUT2D eigenvalue weighted by Crippen LogP contribution is 2.32. The SMILES string of the molecule is CCCCCCOc1ccc(C(=Cc2ccc(C=C(c3ccc(OCCCCCC)cc3)c3ccc(OCCCCCC)cc3)cc2)c2ccc(OCCCCCC)cc2)cc1. The molecule has 0 amide bonds. The summed E-state index contributed by atoms with van der Waals surface area (Å²) in [5.74, 6) is 3.66. The van der Waals surface area contributed by atoms with Crippen LogP contribution >= 0.6 is 0 Å². The molecule has 0 aliphatic heterocycles. The zero-order valence-electron chi connectivity index (χ0n) is 38.5. The topological polar surface area (TPSA) is 36.9 Å². The van der Waals surface area contributed by atoms with Crippen LogP contribution in [0.25, 0.3) is 23.3 Å². The molecule has 0 aliphatic rings. The molecule has 0 saturated heterocycles. The molecule has 5 rings (SSSR count). The van der Waals surface area contributed by atoms with Crippen molar-refractivity contribution in [1.82, 2.24) is 0 Å². The summed E-state index contributed by atoms with van der Waals surface area (Å²) >= 11 is 0. The quantitative estimate of drug-likeness (QED) is 0.0341. The van der Waals surface area contributed by atoms with Crippen molar-refractivity contribution in [2.24, 2.45) is 0 Å². The fraction of sp³-hybridized carbons (Fsp3) is 0.414. The van der Waals surface area contributed by atoms with Gasteiger partial charge in [-0.3, -0.25) is 0 Å². The predicted molar refractivity (Wildman–Crippen MR) is 265 cm³/mol. The summed E-state index contributed by atoms with van der Waals surface area (Å²) in [6.07, 6.45) is 23.7. The second-order valence-electron chi connectivity index (χ2n) is 16.5. The Morgan fingerprint density at radius 2 is 0.516 bits per heavy atom. The van der Waals surface area contributed by atoms with Crippen molar-refractivity contribution in [2.45, 2.75) is 130 Å². The molecule has 0 heterocycles. The Labute approximate surface area is 375 Å². The van der Waals surface area contributed by atoms with Crippen molar-refractivity contribution in [3.63, 3.8) is 0 Å². The maximum atomic E-state index is 6.11. The summed E-state index contributed by atoms with van der Waals surface area (Å²) in [6, 6.07) is 43.1. The van der Waals surface area contributed by atoms with E-state index in [1.807, 2.05) is 0 Å². The highest BCUT2D eigenvalue weighted by molar-refractivity contribution is 5.93. The Hall–Kier alpha value is -5.22. The van der Waals surface area contributed by atoms with E-state index in [1.54, 1.807) is 0 Å².